The fourth-order valence-electron chi connectivity index (χ4n) is 4.13. The molecule has 0 fully saturated rings. The lowest BCUT2D eigenvalue weighted by Crippen LogP contribution is -2.24. The van der Waals surface area contributed by atoms with Gasteiger partial charge in [0.25, 0.3) is 0 Å². The standard InChI is InChI=1S/C24H27FO4/c1-4-19-20(7-5-14(2)23(19)25)21(26)13-16-9-10-29-22-8-6-17(24(27)28)12-18(22)11-15(16)3/h5-8,12,15-16H,4,9-11,13H2,1-3H3,(H,27,28). The molecule has 29 heavy (non-hydrogen) atoms. The van der Waals surface area contributed by atoms with Gasteiger partial charge < -0.3 is 9.84 Å². The molecule has 1 N–H and O–H groups in total. The van der Waals surface area contributed by atoms with E-state index in [1.54, 1.807) is 37.3 Å². The number of rotatable bonds is 5. The zero-order valence-electron chi connectivity index (χ0n) is 17.1. The molecule has 0 bridgehead atoms. The Kier molecular flexibility index (Phi) is 6.36. The van der Waals surface area contributed by atoms with Gasteiger partial charge in [-0.1, -0.05) is 26.0 Å². The predicted octanol–water partition coefficient (Wildman–Crippen LogP) is 5.25. The summed E-state index contributed by atoms with van der Waals surface area (Å²) in [6, 6.07) is 8.31. The molecule has 2 aromatic carbocycles. The Labute approximate surface area is 170 Å². The number of carboxylic acids is 1. The second kappa shape index (κ2) is 8.76. The SMILES string of the molecule is CCc1c(C(=O)CC2CCOc3ccc(C(=O)O)cc3CC2C)ccc(C)c1F. The molecular weight excluding hydrogens is 371 g/mol. The van der Waals surface area contributed by atoms with E-state index in [9.17, 15) is 19.1 Å². The van der Waals surface area contributed by atoms with E-state index in [0.717, 1.165) is 12.0 Å². The molecule has 0 saturated heterocycles. The molecule has 0 spiro atoms. The van der Waals surface area contributed by atoms with E-state index >= 15 is 0 Å². The Hall–Kier alpha value is -2.69. The maximum atomic E-state index is 14.4. The minimum atomic E-state index is -0.970. The highest BCUT2D eigenvalue weighted by Gasteiger charge is 2.27. The van der Waals surface area contributed by atoms with E-state index < -0.39 is 5.97 Å². The summed E-state index contributed by atoms with van der Waals surface area (Å²) in [4.78, 5) is 24.3. The predicted molar refractivity (Wildman–Crippen MR) is 109 cm³/mol. The second-order valence-corrected chi connectivity index (χ2v) is 7.91. The van der Waals surface area contributed by atoms with Crippen molar-refractivity contribution in [2.45, 2.75) is 46.5 Å². The minimum Gasteiger partial charge on any atom is -0.493 e. The average Bonchev–Trinajstić information content (AvgIpc) is 2.68. The fraction of sp³-hybridized carbons (Fsp3) is 0.417. The smallest absolute Gasteiger partial charge is 0.335 e. The van der Waals surface area contributed by atoms with E-state index in [1.807, 2.05) is 6.92 Å². The van der Waals surface area contributed by atoms with Crippen molar-refractivity contribution in [3.8, 4) is 5.75 Å². The molecule has 0 aromatic heterocycles. The molecule has 2 atom stereocenters. The van der Waals surface area contributed by atoms with Gasteiger partial charge in [0.1, 0.15) is 11.6 Å². The topological polar surface area (TPSA) is 63.6 Å². The summed E-state index contributed by atoms with van der Waals surface area (Å²) in [5.74, 6) is -0.340. The van der Waals surface area contributed by atoms with Gasteiger partial charge in [-0.15, -0.1) is 0 Å². The van der Waals surface area contributed by atoms with Crippen molar-refractivity contribution in [3.05, 3.63) is 64.0 Å². The van der Waals surface area contributed by atoms with Crippen molar-refractivity contribution >= 4 is 11.8 Å². The normalized spacial score (nSPS) is 18.9. The number of carboxylic acid groups (broad SMARTS) is 1. The first-order valence-corrected chi connectivity index (χ1v) is 10.1. The maximum absolute atomic E-state index is 14.4. The molecule has 4 nitrogen and oxygen atoms in total. The third kappa shape index (κ3) is 4.50. The highest BCUT2D eigenvalue weighted by Crippen LogP contribution is 2.33. The summed E-state index contributed by atoms with van der Waals surface area (Å²) in [6.45, 7) is 6.11. The maximum Gasteiger partial charge on any atom is 0.335 e. The molecule has 2 aromatic rings. The van der Waals surface area contributed by atoms with Crippen LogP contribution in [-0.2, 0) is 12.8 Å². The van der Waals surface area contributed by atoms with E-state index in [2.05, 4.69) is 6.92 Å². The number of carbonyl (C=O) groups is 2. The molecule has 154 valence electrons. The van der Waals surface area contributed by atoms with Gasteiger partial charge in [0.05, 0.1) is 12.2 Å². The van der Waals surface area contributed by atoms with Crippen LogP contribution in [0.2, 0.25) is 0 Å². The summed E-state index contributed by atoms with van der Waals surface area (Å²) in [5, 5.41) is 9.25. The van der Waals surface area contributed by atoms with E-state index in [4.69, 9.17) is 4.74 Å². The van der Waals surface area contributed by atoms with E-state index in [1.165, 1.54) is 0 Å². The zero-order chi connectivity index (χ0) is 21.1. The van der Waals surface area contributed by atoms with Crippen molar-refractivity contribution in [1.29, 1.82) is 0 Å². The van der Waals surface area contributed by atoms with Gasteiger partial charge in [0.2, 0.25) is 0 Å². The number of ketones is 1. The fourth-order valence-corrected chi connectivity index (χ4v) is 4.13. The molecule has 1 aliphatic rings. The highest BCUT2D eigenvalue weighted by atomic mass is 19.1. The summed E-state index contributed by atoms with van der Waals surface area (Å²) in [6.07, 6.45) is 2.16. The molecule has 3 rings (SSSR count). The molecule has 1 aliphatic heterocycles. The van der Waals surface area contributed by atoms with Crippen LogP contribution in [0.15, 0.2) is 30.3 Å². The van der Waals surface area contributed by atoms with Crippen LogP contribution < -0.4 is 4.74 Å². The Bertz CT molecular complexity index is 935. The number of hydrogen-bond donors (Lipinski definition) is 1. The molecule has 0 radical (unpaired) electrons. The van der Waals surface area contributed by atoms with Crippen LogP contribution in [0.5, 0.6) is 5.75 Å². The number of hydrogen-bond acceptors (Lipinski definition) is 3. The summed E-state index contributed by atoms with van der Waals surface area (Å²) >= 11 is 0. The van der Waals surface area contributed by atoms with Gasteiger partial charge in [-0.2, -0.15) is 0 Å². The van der Waals surface area contributed by atoms with E-state index in [-0.39, 0.29) is 29.0 Å². The Morgan fingerprint density at radius 2 is 2.00 bits per heavy atom. The molecule has 1 heterocycles. The van der Waals surface area contributed by atoms with Crippen molar-refractivity contribution < 1.29 is 23.8 Å². The number of fused-ring (bicyclic) bond motifs is 1. The number of aromatic carboxylic acids is 1. The number of ether oxygens (including phenoxy) is 1. The lowest BCUT2D eigenvalue weighted by molar-refractivity contribution is 0.0696. The van der Waals surface area contributed by atoms with Gasteiger partial charge in [-0.3, -0.25) is 4.79 Å². The van der Waals surface area contributed by atoms with Crippen LogP contribution in [-0.4, -0.2) is 23.5 Å². The summed E-state index contributed by atoms with van der Waals surface area (Å²) in [5.41, 5.74) is 2.60. The second-order valence-electron chi connectivity index (χ2n) is 7.91. The molecule has 2 unspecified atom stereocenters. The van der Waals surface area contributed by atoms with Crippen molar-refractivity contribution in [2.75, 3.05) is 6.61 Å². The van der Waals surface area contributed by atoms with Crippen LogP contribution in [0.4, 0.5) is 4.39 Å². The van der Waals surface area contributed by atoms with E-state index in [0.29, 0.717) is 48.3 Å². The zero-order valence-corrected chi connectivity index (χ0v) is 17.1. The average molecular weight is 398 g/mol. The third-order valence-electron chi connectivity index (χ3n) is 5.94. The Balaban J connectivity index is 1.81. The Morgan fingerprint density at radius 1 is 1.24 bits per heavy atom. The van der Waals surface area contributed by atoms with Crippen LogP contribution in [0, 0.1) is 24.6 Å². The number of benzene rings is 2. The number of Topliss-reactive ketones (excluding diaryl/α,β-unsaturated/α-hetero) is 1. The Morgan fingerprint density at radius 3 is 2.69 bits per heavy atom. The lowest BCUT2D eigenvalue weighted by atomic mass is 9.80. The first kappa shape index (κ1) is 21.0. The summed E-state index contributed by atoms with van der Waals surface area (Å²) < 4.78 is 20.3. The van der Waals surface area contributed by atoms with Crippen LogP contribution in [0.1, 0.15) is 64.1 Å². The quantitative estimate of drug-likeness (QED) is 0.699. The van der Waals surface area contributed by atoms with Gasteiger partial charge in [-0.05, 0) is 72.9 Å². The van der Waals surface area contributed by atoms with Crippen LogP contribution in [0.25, 0.3) is 0 Å². The minimum absolute atomic E-state index is 0.0438. The molecule has 5 heteroatoms. The molecular formula is C24H27FO4. The van der Waals surface area contributed by atoms with Crippen molar-refractivity contribution in [1.82, 2.24) is 0 Å². The first-order valence-electron chi connectivity index (χ1n) is 10.1. The molecule has 0 aliphatic carbocycles. The third-order valence-corrected chi connectivity index (χ3v) is 5.94. The summed E-state index contributed by atoms with van der Waals surface area (Å²) in [7, 11) is 0. The van der Waals surface area contributed by atoms with Gasteiger partial charge in [-0.25, -0.2) is 9.18 Å². The molecule has 0 amide bonds. The van der Waals surface area contributed by atoms with Crippen molar-refractivity contribution in [2.24, 2.45) is 11.8 Å². The number of aryl methyl sites for hydroxylation is 1. The van der Waals surface area contributed by atoms with Crippen LogP contribution in [0.3, 0.4) is 0 Å². The van der Waals surface area contributed by atoms with Crippen molar-refractivity contribution in [3.63, 3.8) is 0 Å². The largest absolute Gasteiger partial charge is 0.493 e. The number of halogens is 1. The highest BCUT2D eigenvalue weighted by molar-refractivity contribution is 5.97. The lowest BCUT2D eigenvalue weighted by Gasteiger charge is -2.28. The first-order chi connectivity index (χ1) is 13.8. The van der Waals surface area contributed by atoms with Crippen LogP contribution >= 0.6 is 0 Å². The molecule has 0 saturated carbocycles. The number of carbonyl (C=O) groups excluding carboxylic acids is 1. The van der Waals surface area contributed by atoms with Gasteiger partial charge >= 0.3 is 5.97 Å². The van der Waals surface area contributed by atoms with Gasteiger partial charge in [0, 0.05) is 12.0 Å². The monoisotopic (exact) mass is 398 g/mol. The van der Waals surface area contributed by atoms with Gasteiger partial charge in [0.15, 0.2) is 5.78 Å².